The van der Waals surface area contributed by atoms with Crippen molar-refractivity contribution in [3.05, 3.63) is 58.9 Å². The number of amides is 4. The van der Waals surface area contributed by atoms with Crippen LogP contribution in [0.2, 0.25) is 5.02 Å². The number of carbonyl (C=O) groups excluding carboxylic acids is 2. The van der Waals surface area contributed by atoms with Crippen molar-refractivity contribution in [2.75, 3.05) is 24.0 Å². The molecular formula is C21H22ClN5O3S. The summed E-state index contributed by atoms with van der Waals surface area (Å²) in [5, 5.41) is 9.17. The second-order valence-electron chi connectivity index (χ2n) is 6.38. The van der Waals surface area contributed by atoms with Crippen LogP contribution >= 0.6 is 22.9 Å². The maximum atomic E-state index is 12.9. The Balaban J connectivity index is 1.82. The van der Waals surface area contributed by atoms with E-state index in [0.717, 1.165) is 22.7 Å². The Morgan fingerprint density at radius 3 is 2.48 bits per heavy atom. The molecule has 8 nitrogen and oxygen atoms in total. The molecular weight excluding hydrogens is 438 g/mol. The van der Waals surface area contributed by atoms with Gasteiger partial charge in [-0.2, -0.15) is 5.01 Å². The number of rotatable bonds is 6. The molecule has 0 spiro atoms. The summed E-state index contributed by atoms with van der Waals surface area (Å²) in [4.78, 5) is 29.7. The summed E-state index contributed by atoms with van der Waals surface area (Å²) in [6.45, 7) is 2.42. The molecule has 0 aliphatic carbocycles. The molecule has 0 aliphatic rings. The lowest BCUT2D eigenvalue weighted by molar-refractivity contribution is 0.235. The van der Waals surface area contributed by atoms with Crippen molar-refractivity contribution in [1.29, 1.82) is 0 Å². The average Bonchev–Trinajstić information content (AvgIpc) is 3.27. The van der Waals surface area contributed by atoms with Crippen LogP contribution < -0.4 is 25.8 Å². The maximum Gasteiger partial charge on any atom is 0.347 e. The Morgan fingerprint density at radius 1 is 1.13 bits per heavy atom. The van der Waals surface area contributed by atoms with E-state index in [-0.39, 0.29) is 0 Å². The zero-order valence-electron chi connectivity index (χ0n) is 17.0. The van der Waals surface area contributed by atoms with E-state index in [4.69, 9.17) is 16.3 Å². The quantitative estimate of drug-likeness (QED) is 0.445. The van der Waals surface area contributed by atoms with Gasteiger partial charge >= 0.3 is 12.1 Å². The van der Waals surface area contributed by atoms with Gasteiger partial charge in [0.05, 0.1) is 12.8 Å². The van der Waals surface area contributed by atoms with Crippen LogP contribution in [0.3, 0.4) is 0 Å². The van der Waals surface area contributed by atoms with Gasteiger partial charge in [0.2, 0.25) is 5.13 Å². The number of nitrogens with zero attached hydrogens (tertiary/aromatic N) is 2. The van der Waals surface area contributed by atoms with Gasteiger partial charge in [-0.3, -0.25) is 0 Å². The molecule has 0 atom stereocenters. The lowest BCUT2D eigenvalue weighted by Gasteiger charge is -2.21. The molecule has 1 aromatic heterocycles. The van der Waals surface area contributed by atoms with Crippen LogP contribution in [0.15, 0.2) is 53.9 Å². The first-order valence-corrected chi connectivity index (χ1v) is 10.8. The number of nitrogens with one attached hydrogen (secondary N) is 3. The first-order chi connectivity index (χ1) is 15.0. The molecule has 2 aromatic carbocycles. The highest BCUT2D eigenvalue weighted by Gasteiger charge is 2.22. The molecule has 0 fully saturated rings. The number of halogens is 1. The first kappa shape index (κ1) is 22.4. The normalized spacial score (nSPS) is 10.3. The highest BCUT2D eigenvalue weighted by atomic mass is 35.5. The van der Waals surface area contributed by atoms with Crippen LogP contribution in [0.4, 0.5) is 20.4 Å². The number of ether oxygens (including phenoxy) is 1. The lowest BCUT2D eigenvalue weighted by Crippen LogP contribution is -2.52. The second-order valence-corrected chi connectivity index (χ2v) is 7.66. The topological polar surface area (TPSA) is 95.6 Å². The van der Waals surface area contributed by atoms with Crippen molar-refractivity contribution < 1.29 is 14.3 Å². The fraction of sp³-hybridized carbons (Fsp3) is 0.190. The Hall–Kier alpha value is -3.30. The van der Waals surface area contributed by atoms with Crippen molar-refractivity contribution in [2.24, 2.45) is 0 Å². The molecule has 162 valence electrons. The highest BCUT2D eigenvalue weighted by Crippen LogP contribution is 2.28. The molecule has 10 heteroatoms. The molecule has 0 saturated carbocycles. The SMILES string of the molecule is CCCNC(=O)NN(C(=O)Nc1ccc(Cl)cc1)c1nc(-c2ccc(OC)cc2)cs1. The first-order valence-electron chi connectivity index (χ1n) is 9.51. The number of aromatic nitrogens is 1. The summed E-state index contributed by atoms with van der Waals surface area (Å²) in [5.41, 5.74) is 4.61. The van der Waals surface area contributed by atoms with Gasteiger partial charge in [0.1, 0.15) is 5.75 Å². The molecule has 0 saturated heterocycles. The molecule has 0 aliphatic heterocycles. The van der Waals surface area contributed by atoms with Gasteiger partial charge in [-0.25, -0.2) is 20.0 Å². The zero-order valence-corrected chi connectivity index (χ0v) is 18.6. The van der Waals surface area contributed by atoms with Gasteiger partial charge in [0, 0.05) is 28.2 Å². The Morgan fingerprint density at radius 2 is 1.84 bits per heavy atom. The van der Waals surface area contributed by atoms with E-state index in [2.05, 4.69) is 21.0 Å². The number of urea groups is 2. The van der Waals surface area contributed by atoms with E-state index in [1.807, 2.05) is 36.6 Å². The summed E-state index contributed by atoms with van der Waals surface area (Å²) >= 11 is 7.13. The minimum Gasteiger partial charge on any atom is -0.497 e. The minimum absolute atomic E-state index is 0.309. The molecule has 0 radical (unpaired) electrons. The lowest BCUT2D eigenvalue weighted by atomic mass is 10.2. The predicted octanol–water partition coefficient (Wildman–Crippen LogP) is 5.13. The van der Waals surface area contributed by atoms with E-state index in [9.17, 15) is 9.59 Å². The van der Waals surface area contributed by atoms with Gasteiger partial charge in [-0.1, -0.05) is 18.5 Å². The minimum atomic E-state index is -0.565. The molecule has 3 N–H and O–H groups in total. The summed E-state index contributed by atoms with van der Waals surface area (Å²) in [5.74, 6) is 0.734. The van der Waals surface area contributed by atoms with Gasteiger partial charge in [0.25, 0.3) is 0 Å². The molecule has 0 bridgehead atoms. The number of carbonyl (C=O) groups is 2. The van der Waals surface area contributed by atoms with Crippen LogP contribution in [0, 0.1) is 0 Å². The number of benzene rings is 2. The zero-order chi connectivity index (χ0) is 22.2. The number of methoxy groups -OCH3 is 1. The maximum absolute atomic E-state index is 12.9. The monoisotopic (exact) mass is 459 g/mol. The number of thiazole rings is 1. The smallest absolute Gasteiger partial charge is 0.347 e. The molecule has 0 unspecified atom stereocenters. The summed E-state index contributed by atoms with van der Waals surface area (Å²) in [7, 11) is 1.60. The van der Waals surface area contributed by atoms with Crippen LogP contribution in [0.1, 0.15) is 13.3 Å². The van der Waals surface area contributed by atoms with E-state index in [0.29, 0.717) is 28.1 Å². The molecule has 31 heavy (non-hydrogen) atoms. The Kier molecular flexibility index (Phi) is 7.69. The molecule has 4 amide bonds. The third-order valence-corrected chi connectivity index (χ3v) is 5.19. The summed E-state index contributed by atoms with van der Waals surface area (Å²) < 4.78 is 5.18. The third kappa shape index (κ3) is 6.09. The number of hydrogen-bond acceptors (Lipinski definition) is 5. The van der Waals surface area contributed by atoms with Gasteiger partial charge in [0.15, 0.2) is 0 Å². The van der Waals surface area contributed by atoms with Crippen molar-refractivity contribution >= 4 is 45.8 Å². The fourth-order valence-corrected chi connectivity index (χ4v) is 3.46. The summed E-state index contributed by atoms with van der Waals surface area (Å²) in [6.07, 6.45) is 0.767. The molecule has 3 aromatic rings. The van der Waals surface area contributed by atoms with E-state index in [1.54, 1.807) is 31.4 Å². The van der Waals surface area contributed by atoms with Crippen LogP contribution in [0.25, 0.3) is 11.3 Å². The Bertz CT molecular complexity index is 1020. The fourth-order valence-electron chi connectivity index (χ4n) is 2.54. The van der Waals surface area contributed by atoms with Crippen LogP contribution in [-0.2, 0) is 0 Å². The Labute approximate surface area is 189 Å². The number of hydrogen-bond donors (Lipinski definition) is 3. The molecule has 1 heterocycles. The average molecular weight is 460 g/mol. The van der Waals surface area contributed by atoms with Crippen molar-refractivity contribution in [3.8, 4) is 17.0 Å². The molecule has 3 rings (SSSR count). The van der Waals surface area contributed by atoms with Gasteiger partial charge in [-0.15, -0.1) is 11.3 Å². The van der Waals surface area contributed by atoms with Crippen molar-refractivity contribution in [2.45, 2.75) is 13.3 Å². The van der Waals surface area contributed by atoms with Gasteiger partial charge < -0.3 is 15.4 Å². The largest absolute Gasteiger partial charge is 0.497 e. The highest BCUT2D eigenvalue weighted by molar-refractivity contribution is 7.14. The van der Waals surface area contributed by atoms with Crippen molar-refractivity contribution in [1.82, 2.24) is 15.7 Å². The van der Waals surface area contributed by atoms with E-state index >= 15 is 0 Å². The summed E-state index contributed by atoms with van der Waals surface area (Å²) in [6, 6.07) is 13.0. The van der Waals surface area contributed by atoms with E-state index in [1.165, 1.54) is 11.3 Å². The van der Waals surface area contributed by atoms with E-state index < -0.39 is 12.1 Å². The second kappa shape index (κ2) is 10.6. The van der Waals surface area contributed by atoms with Gasteiger partial charge in [-0.05, 0) is 55.0 Å². The van der Waals surface area contributed by atoms with Crippen LogP contribution in [-0.4, -0.2) is 30.7 Å². The standard InChI is InChI=1S/C21H22ClN5O3S/c1-3-12-23-19(28)26-27(20(29)24-16-8-6-15(22)7-9-16)21-25-18(13-31-21)14-4-10-17(30-2)11-5-14/h4-11,13H,3,12H2,1-2H3,(H,24,29)(H2,23,26,28). The van der Waals surface area contributed by atoms with Crippen molar-refractivity contribution in [3.63, 3.8) is 0 Å². The predicted molar refractivity (Wildman–Crippen MR) is 124 cm³/mol. The number of hydrazine groups is 1. The van der Waals surface area contributed by atoms with Crippen LogP contribution in [0.5, 0.6) is 5.75 Å². The third-order valence-electron chi connectivity index (χ3n) is 4.12. The number of anilines is 2.